The third-order valence-corrected chi connectivity index (χ3v) is 2.88. The van der Waals surface area contributed by atoms with E-state index in [2.05, 4.69) is 25.6 Å². The van der Waals surface area contributed by atoms with Gasteiger partial charge in [-0.3, -0.25) is 0 Å². The zero-order valence-electron chi connectivity index (χ0n) is 9.91. The molecule has 0 spiro atoms. The highest BCUT2D eigenvalue weighted by Crippen LogP contribution is 2.26. The minimum atomic E-state index is -0.215. The van der Waals surface area contributed by atoms with Gasteiger partial charge in [-0.1, -0.05) is 49.9 Å². The van der Waals surface area contributed by atoms with Crippen LogP contribution in [0.3, 0.4) is 0 Å². The van der Waals surface area contributed by atoms with Gasteiger partial charge < -0.3 is 0 Å². The Balaban J connectivity index is 2.58. The molecular weight excluding hydrogens is 211 g/mol. The molecule has 0 nitrogen and oxygen atoms in total. The topological polar surface area (TPSA) is 0 Å². The van der Waals surface area contributed by atoms with E-state index in [9.17, 15) is 4.39 Å². The number of halogens is 1. The molecule has 2 aromatic carbocycles. The molecule has 2 rings (SSSR count). The molecule has 2 aromatic rings. The number of hydrogen-bond acceptors (Lipinski definition) is 0. The summed E-state index contributed by atoms with van der Waals surface area (Å²) in [5.41, 5.74) is 4.15. The van der Waals surface area contributed by atoms with Crippen molar-refractivity contribution in [1.82, 2.24) is 0 Å². The standard InChI is InChI=1S/C16H15F/c1-3-12-6-5-7-14(10-12)16-11-15(17)9-8-13(16)4-2/h4-11H,2-3H2,1H3. The van der Waals surface area contributed by atoms with Crippen LogP contribution in [-0.4, -0.2) is 0 Å². The molecule has 0 saturated heterocycles. The van der Waals surface area contributed by atoms with Crippen molar-refractivity contribution >= 4 is 6.08 Å². The average Bonchev–Trinajstić information content (AvgIpc) is 2.39. The second-order valence-corrected chi connectivity index (χ2v) is 3.99. The van der Waals surface area contributed by atoms with E-state index in [0.29, 0.717) is 0 Å². The largest absolute Gasteiger partial charge is 0.207 e. The molecule has 86 valence electrons. The van der Waals surface area contributed by atoms with Crippen molar-refractivity contribution < 1.29 is 4.39 Å². The minimum Gasteiger partial charge on any atom is -0.207 e. The fourth-order valence-electron chi connectivity index (χ4n) is 1.92. The molecule has 0 aliphatic heterocycles. The first kappa shape index (κ1) is 11.6. The van der Waals surface area contributed by atoms with Crippen LogP contribution < -0.4 is 0 Å². The van der Waals surface area contributed by atoms with E-state index in [1.54, 1.807) is 18.2 Å². The van der Waals surface area contributed by atoms with Gasteiger partial charge in [0.15, 0.2) is 0 Å². The van der Waals surface area contributed by atoms with Gasteiger partial charge in [0.2, 0.25) is 0 Å². The quantitative estimate of drug-likeness (QED) is 0.711. The van der Waals surface area contributed by atoms with E-state index >= 15 is 0 Å². The maximum atomic E-state index is 13.3. The van der Waals surface area contributed by atoms with E-state index < -0.39 is 0 Å². The van der Waals surface area contributed by atoms with Crippen molar-refractivity contribution in [3.05, 3.63) is 66.0 Å². The molecule has 0 radical (unpaired) electrons. The Kier molecular flexibility index (Phi) is 3.38. The number of rotatable bonds is 3. The molecule has 0 aromatic heterocycles. The summed E-state index contributed by atoms with van der Waals surface area (Å²) in [7, 11) is 0. The van der Waals surface area contributed by atoms with Crippen LogP contribution in [0.1, 0.15) is 18.1 Å². The van der Waals surface area contributed by atoms with E-state index in [4.69, 9.17) is 0 Å². The molecule has 0 bridgehead atoms. The Labute approximate surface area is 101 Å². The Morgan fingerprint density at radius 2 is 2.00 bits per heavy atom. The monoisotopic (exact) mass is 226 g/mol. The third-order valence-electron chi connectivity index (χ3n) is 2.88. The van der Waals surface area contributed by atoms with Crippen LogP contribution in [0.5, 0.6) is 0 Å². The maximum Gasteiger partial charge on any atom is 0.123 e. The molecule has 0 atom stereocenters. The van der Waals surface area contributed by atoms with Gasteiger partial charge in [-0.05, 0) is 40.8 Å². The van der Waals surface area contributed by atoms with Crippen LogP contribution in [0.4, 0.5) is 4.39 Å². The fourth-order valence-corrected chi connectivity index (χ4v) is 1.92. The molecule has 0 unspecified atom stereocenters. The van der Waals surface area contributed by atoms with Crippen molar-refractivity contribution in [3.8, 4) is 11.1 Å². The lowest BCUT2D eigenvalue weighted by molar-refractivity contribution is 0.628. The Morgan fingerprint density at radius 3 is 2.71 bits per heavy atom. The number of aryl methyl sites for hydroxylation is 1. The first-order valence-corrected chi connectivity index (χ1v) is 5.76. The average molecular weight is 226 g/mol. The lowest BCUT2D eigenvalue weighted by Gasteiger charge is -2.08. The summed E-state index contributed by atoms with van der Waals surface area (Å²) in [4.78, 5) is 0. The van der Waals surface area contributed by atoms with E-state index in [1.165, 1.54) is 11.6 Å². The summed E-state index contributed by atoms with van der Waals surface area (Å²) >= 11 is 0. The summed E-state index contributed by atoms with van der Waals surface area (Å²) in [5.74, 6) is -0.215. The highest BCUT2D eigenvalue weighted by Gasteiger charge is 2.04. The van der Waals surface area contributed by atoms with Gasteiger partial charge in [-0.15, -0.1) is 0 Å². The molecule has 17 heavy (non-hydrogen) atoms. The van der Waals surface area contributed by atoms with Gasteiger partial charge in [0.25, 0.3) is 0 Å². The summed E-state index contributed by atoms with van der Waals surface area (Å²) in [6, 6.07) is 13.0. The van der Waals surface area contributed by atoms with Gasteiger partial charge in [0.05, 0.1) is 0 Å². The number of benzene rings is 2. The predicted molar refractivity (Wildman–Crippen MR) is 71.3 cm³/mol. The van der Waals surface area contributed by atoms with Crippen LogP contribution in [0.15, 0.2) is 49.0 Å². The molecule has 0 heterocycles. The first-order chi connectivity index (χ1) is 8.24. The van der Waals surface area contributed by atoms with Gasteiger partial charge in [-0.25, -0.2) is 4.39 Å². The minimum absolute atomic E-state index is 0.215. The van der Waals surface area contributed by atoms with Crippen molar-refractivity contribution in [2.75, 3.05) is 0 Å². The third kappa shape index (κ3) is 2.44. The zero-order chi connectivity index (χ0) is 12.3. The molecule has 0 aliphatic rings. The SMILES string of the molecule is C=Cc1ccc(F)cc1-c1cccc(CC)c1. The second-order valence-electron chi connectivity index (χ2n) is 3.99. The van der Waals surface area contributed by atoms with Crippen LogP contribution in [0.2, 0.25) is 0 Å². The lowest BCUT2D eigenvalue weighted by atomic mass is 9.97. The number of hydrogen-bond donors (Lipinski definition) is 0. The molecular formula is C16H15F. The summed E-state index contributed by atoms with van der Waals surface area (Å²) in [5, 5.41) is 0. The Hall–Kier alpha value is -1.89. The second kappa shape index (κ2) is 4.96. The predicted octanol–water partition coefficient (Wildman–Crippen LogP) is 4.70. The van der Waals surface area contributed by atoms with Crippen molar-refractivity contribution in [2.45, 2.75) is 13.3 Å². The molecule has 1 heteroatoms. The van der Waals surface area contributed by atoms with E-state index in [-0.39, 0.29) is 5.82 Å². The Bertz CT molecular complexity index is 541. The van der Waals surface area contributed by atoms with E-state index in [1.807, 2.05) is 12.1 Å². The van der Waals surface area contributed by atoms with Crippen molar-refractivity contribution in [1.29, 1.82) is 0 Å². The highest BCUT2D eigenvalue weighted by molar-refractivity contribution is 5.75. The highest BCUT2D eigenvalue weighted by atomic mass is 19.1. The fraction of sp³-hybridized carbons (Fsp3) is 0.125. The van der Waals surface area contributed by atoms with Gasteiger partial charge in [0.1, 0.15) is 5.82 Å². The molecule has 0 saturated carbocycles. The summed E-state index contributed by atoms with van der Waals surface area (Å²) < 4.78 is 13.3. The first-order valence-electron chi connectivity index (χ1n) is 5.76. The van der Waals surface area contributed by atoms with Crippen LogP contribution in [0.25, 0.3) is 17.2 Å². The molecule has 0 N–H and O–H groups in total. The van der Waals surface area contributed by atoms with Gasteiger partial charge in [0, 0.05) is 0 Å². The Morgan fingerprint density at radius 1 is 1.18 bits per heavy atom. The molecule has 0 aliphatic carbocycles. The zero-order valence-corrected chi connectivity index (χ0v) is 9.91. The molecule has 0 amide bonds. The van der Waals surface area contributed by atoms with Crippen LogP contribution in [0, 0.1) is 5.82 Å². The molecule has 0 fully saturated rings. The van der Waals surface area contributed by atoms with Gasteiger partial charge >= 0.3 is 0 Å². The van der Waals surface area contributed by atoms with Crippen LogP contribution >= 0.6 is 0 Å². The van der Waals surface area contributed by atoms with Crippen molar-refractivity contribution in [2.24, 2.45) is 0 Å². The summed E-state index contributed by atoms with van der Waals surface area (Å²) in [6.07, 6.45) is 2.74. The normalized spacial score (nSPS) is 10.2. The lowest BCUT2D eigenvalue weighted by Crippen LogP contribution is -1.87. The smallest absolute Gasteiger partial charge is 0.123 e. The van der Waals surface area contributed by atoms with Gasteiger partial charge in [-0.2, -0.15) is 0 Å². The maximum absolute atomic E-state index is 13.3. The van der Waals surface area contributed by atoms with Crippen molar-refractivity contribution in [3.63, 3.8) is 0 Å². The summed E-state index contributed by atoms with van der Waals surface area (Å²) in [6.45, 7) is 5.88. The van der Waals surface area contributed by atoms with Crippen LogP contribution in [-0.2, 0) is 6.42 Å². The van der Waals surface area contributed by atoms with E-state index in [0.717, 1.165) is 23.1 Å².